The zero-order chi connectivity index (χ0) is 32.8. The molecule has 0 aromatic heterocycles. The molecule has 9 heteroatoms. The minimum absolute atomic E-state index is 0.0578. The molecule has 3 N–H and O–H groups in total. The van der Waals surface area contributed by atoms with Crippen molar-refractivity contribution in [1.82, 2.24) is 9.47 Å². The van der Waals surface area contributed by atoms with Crippen LogP contribution in [0.1, 0.15) is 45.0 Å². The van der Waals surface area contributed by atoms with Gasteiger partial charge >= 0.3 is 0 Å². The lowest BCUT2D eigenvalue weighted by Gasteiger charge is -2.41. The third kappa shape index (κ3) is 5.79. The predicted molar refractivity (Wildman–Crippen MR) is 189 cm³/mol. The number of pyridine rings is 1. The molecule has 3 aromatic carbocycles. The first-order valence-corrected chi connectivity index (χ1v) is 16.9. The van der Waals surface area contributed by atoms with Crippen molar-refractivity contribution in [2.75, 3.05) is 20.8 Å². The molecular formula is C38H37IN2O6. The van der Waals surface area contributed by atoms with E-state index in [1.807, 2.05) is 30.3 Å². The molecular weight excluding hydrogens is 707 g/mol. The van der Waals surface area contributed by atoms with Crippen LogP contribution in [-0.2, 0) is 45.6 Å². The Morgan fingerprint density at radius 3 is 2.28 bits per heavy atom. The molecule has 242 valence electrons. The van der Waals surface area contributed by atoms with Gasteiger partial charge in [0.1, 0.15) is 0 Å². The van der Waals surface area contributed by atoms with Crippen LogP contribution in [0.5, 0.6) is 17.2 Å². The van der Waals surface area contributed by atoms with E-state index in [4.69, 9.17) is 9.47 Å². The Balaban J connectivity index is 0.000000150. The Kier molecular flexibility index (Phi) is 8.73. The monoisotopic (exact) mass is 744 g/mol. The number of hydrogen-bond acceptors (Lipinski definition) is 7. The number of phenols is 1. The van der Waals surface area contributed by atoms with Gasteiger partial charge in [-0.25, -0.2) is 0 Å². The van der Waals surface area contributed by atoms with Crippen LogP contribution in [0, 0.1) is 3.57 Å². The summed E-state index contributed by atoms with van der Waals surface area (Å²) in [6.07, 6.45) is 4.94. The highest BCUT2D eigenvalue weighted by Gasteiger charge is 2.32. The fourth-order valence-electron chi connectivity index (χ4n) is 7.29. The fraction of sp³-hybridized carbons (Fsp3) is 0.289. The van der Waals surface area contributed by atoms with E-state index in [1.165, 1.54) is 40.5 Å². The summed E-state index contributed by atoms with van der Waals surface area (Å²) in [5.41, 5.74) is 12.5. The Labute approximate surface area is 287 Å². The molecule has 0 bridgehead atoms. The van der Waals surface area contributed by atoms with E-state index in [0.29, 0.717) is 21.1 Å². The van der Waals surface area contributed by atoms with Crippen molar-refractivity contribution in [3.8, 4) is 39.6 Å². The minimum atomic E-state index is -0.0674. The maximum atomic E-state index is 12.3. The molecule has 4 aliphatic heterocycles. The molecule has 0 amide bonds. The van der Waals surface area contributed by atoms with Gasteiger partial charge < -0.3 is 29.4 Å². The molecule has 0 fully saturated rings. The van der Waals surface area contributed by atoms with Crippen molar-refractivity contribution >= 4 is 22.6 Å². The summed E-state index contributed by atoms with van der Waals surface area (Å²) in [6, 6.07) is 20.5. The lowest BCUT2D eigenvalue weighted by Crippen LogP contribution is -2.39. The van der Waals surface area contributed by atoms with Gasteiger partial charge in [0.25, 0.3) is 0 Å². The zero-order valence-corrected chi connectivity index (χ0v) is 28.6. The summed E-state index contributed by atoms with van der Waals surface area (Å²) < 4.78 is 13.4. The molecule has 3 aromatic rings. The summed E-state index contributed by atoms with van der Waals surface area (Å²) >= 11 is 2.10. The topological polar surface area (TPSA) is 104 Å². The van der Waals surface area contributed by atoms with Gasteiger partial charge in [-0.2, -0.15) is 0 Å². The van der Waals surface area contributed by atoms with Crippen molar-refractivity contribution in [2.24, 2.45) is 0 Å². The standard InChI is InChI=1S/C19H16INO3.C19H21NO3/c1-24-17-7-13-9-21-5-4-12-6-11(10-22)2-3-14(12)16(21)8-15(13)18(20)19(17)23;1-23-19-9-15-10-20-5-4-13-6-12(11-21)2-3-16(13)17(20)7-14(15)8-18(19)22/h2-3,6-9,22H,4-5,10H2,1H3;2-3,6,8-9,17,21-22H,4-5,7,10-11H2,1H3/t;17-/m.0/s1. The second kappa shape index (κ2) is 13.0. The summed E-state index contributed by atoms with van der Waals surface area (Å²) in [7, 11) is 3.11. The van der Waals surface area contributed by atoms with Crippen molar-refractivity contribution in [2.45, 2.75) is 51.6 Å². The van der Waals surface area contributed by atoms with Crippen LogP contribution in [0.25, 0.3) is 22.4 Å². The van der Waals surface area contributed by atoms with E-state index in [0.717, 1.165) is 66.8 Å². The molecule has 8 rings (SSSR count). The quantitative estimate of drug-likeness (QED) is 0.199. The van der Waals surface area contributed by atoms with E-state index in [2.05, 4.69) is 68.6 Å². The Morgan fingerprint density at radius 2 is 1.53 bits per heavy atom. The van der Waals surface area contributed by atoms with Crippen molar-refractivity contribution in [1.29, 1.82) is 0 Å². The number of fused-ring (bicyclic) bond motifs is 8. The smallest absolute Gasteiger partial charge is 0.234 e. The summed E-state index contributed by atoms with van der Waals surface area (Å²) in [6.45, 7) is 2.94. The van der Waals surface area contributed by atoms with Gasteiger partial charge in [0.2, 0.25) is 5.43 Å². The molecule has 47 heavy (non-hydrogen) atoms. The number of hydrogen-bond donors (Lipinski definition) is 3. The number of aryl methyl sites for hydroxylation is 2. The molecule has 0 saturated carbocycles. The van der Waals surface area contributed by atoms with Crippen molar-refractivity contribution in [3.63, 3.8) is 0 Å². The number of nitrogens with zero attached hydrogens (tertiary/aromatic N) is 2. The van der Waals surface area contributed by atoms with E-state index < -0.39 is 0 Å². The maximum absolute atomic E-state index is 12.3. The second-order valence-electron chi connectivity index (χ2n) is 12.4. The van der Waals surface area contributed by atoms with Crippen molar-refractivity contribution < 1.29 is 24.8 Å². The first-order valence-electron chi connectivity index (χ1n) is 15.8. The molecule has 0 saturated heterocycles. The maximum Gasteiger partial charge on any atom is 0.234 e. The molecule has 0 unspecified atom stereocenters. The van der Waals surface area contributed by atoms with E-state index >= 15 is 0 Å². The number of aromatic nitrogens is 1. The zero-order valence-electron chi connectivity index (χ0n) is 26.4. The van der Waals surface area contributed by atoms with Crippen LogP contribution in [-0.4, -0.2) is 45.6 Å². The highest BCUT2D eigenvalue weighted by atomic mass is 127. The SMILES string of the molecule is COc1cc2c(cc1O)C[C@H]1c3ccc(CO)cc3CCN1C2.COc1cc2cn3c(cc-2c(I)c1=O)-c1ccc(CO)cc1CC3. The molecule has 1 aliphatic carbocycles. The van der Waals surface area contributed by atoms with Crippen LogP contribution in [0.15, 0.2) is 71.7 Å². The normalized spacial score (nSPS) is 16.1. The van der Waals surface area contributed by atoms with Gasteiger partial charge in [-0.3, -0.25) is 9.69 Å². The van der Waals surface area contributed by atoms with Gasteiger partial charge in [-0.05, 0) is 105 Å². The largest absolute Gasteiger partial charge is 0.504 e. The van der Waals surface area contributed by atoms with Gasteiger partial charge in [-0.1, -0.05) is 36.4 Å². The van der Waals surface area contributed by atoms with Gasteiger partial charge in [0.15, 0.2) is 17.2 Å². The lowest BCUT2D eigenvalue weighted by molar-refractivity contribution is 0.160. The van der Waals surface area contributed by atoms with Crippen LogP contribution in [0.4, 0.5) is 0 Å². The second-order valence-corrected chi connectivity index (χ2v) is 13.5. The summed E-state index contributed by atoms with van der Waals surface area (Å²) in [4.78, 5) is 14.8. The molecule has 8 nitrogen and oxygen atoms in total. The lowest BCUT2D eigenvalue weighted by atomic mass is 9.83. The summed E-state index contributed by atoms with van der Waals surface area (Å²) in [5.74, 6) is 1.15. The third-order valence-corrected chi connectivity index (χ3v) is 10.8. The Bertz CT molecular complexity index is 2020. The molecule has 1 atom stereocenters. The fourth-order valence-corrected chi connectivity index (χ4v) is 8.02. The minimum Gasteiger partial charge on any atom is -0.504 e. The average molecular weight is 745 g/mol. The first kappa shape index (κ1) is 31.7. The van der Waals surface area contributed by atoms with Crippen LogP contribution in [0.3, 0.4) is 0 Å². The highest BCUT2D eigenvalue weighted by Crippen LogP contribution is 2.42. The Morgan fingerprint density at radius 1 is 0.809 bits per heavy atom. The summed E-state index contributed by atoms with van der Waals surface area (Å²) in [5, 5.41) is 28.7. The van der Waals surface area contributed by atoms with Gasteiger partial charge in [0, 0.05) is 54.3 Å². The van der Waals surface area contributed by atoms with Crippen LogP contribution < -0.4 is 14.9 Å². The number of aliphatic hydroxyl groups excluding tert-OH is 2. The van der Waals surface area contributed by atoms with E-state index in [9.17, 15) is 20.1 Å². The van der Waals surface area contributed by atoms with Gasteiger partial charge in [0.05, 0.1) is 31.0 Å². The van der Waals surface area contributed by atoms with E-state index in [-0.39, 0.29) is 24.4 Å². The molecule has 0 spiro atoms. The number of aliphatic hydroxyl groups is 2. The number of methoxy groups -OCH3 is 2. The van der Waals surface area contributed by atoms with E-state index in [1.54, 1.807) is 7.11 Å². The number of rotatable bonds is 4. The molecule has 4 heterocycles. The number of benzene rings is 4. The van der Waals surface area contributed by atoms with Gasteiger partial charge in [-0.15, -0.1) is 0 Å². The molecule has 0 radical (unpaired) electrons. The first-order chi connectivity index (χ1) is 22.8. The number of ether oxygens (including phenoxy) is 2. The number of aromatic hydroxyl groups is 1. The van der Waals surface area contributed by atoms with Crippen LogP contribution >= 0.6 is 22.6 Å². The Hall–Kier alpha value is -3.90. The van der Waals surface area contributed by atoms with Crippen LogP contribution in [0.2, 0.25) is 0 Å². The number of phenolic OH excluding ortho intramolecular Hbond substituents is 1. The number of halogens is 1. The predicted octanol–water partition coefficient (Wildman–Crippen LogP) is 5.83. The third-order valence-electron chi connectivity index (χ3n) is 9.76. The average Bonchev–Trinajstić information content (AvgIpc) is 3.11. The highest BCUT2D eigenvalue weighted by molar-refractivity contribution is 14.1. The van der Waals surface area contributed by atoms with Crippen molar-refractivity contribution in [3.05, 3.63) is 120 Å². The molecule has 5 aliphatic rings.